The maximum Gasteiger partial charge on any atom is 0.339 e. The number of aliphatic carboxylic acids is 1. The van der Waals surface area contributed by atoms with Crippen LogP contribution in [0.1, 0.15) is 30.4 Å². The molecular formula is C18H19NO6. The molecule has 0 saturated carbocycles. The summed E-state index contributed by atoms with van der Waals surface area (Å²) >= 11 is 0. The number of carbonyl (C=O) groups excluding carboxylic acids is 1. The van der Waals surface area contributed by atoms with Gasteiger partial charge in [-0.2, -0.15) is 0 Å². The standard InChI is InChI=1S/C18H19NO6/c20-16(19-8-7-17(21)22)10-24-11-5-6-13-12-3-1-2-4-14(12)18(23)25-15(13)9-11/h5-6,9H,1-4,7-8,10H2,(H,19,20)(H,21,22). The van der Waals surface area contributed by atoms with Crippen molar-refractivity contribution in [1.82, 2.24) is 5.32 Å². The second-order valence-electron chi connectivity index (χ2n) is 5.99. The van der Waals surface area contributed by atoms with Gasteiger partial charge in [-0.3, -0.25) is 9.59 Å². The van der Waals surface area contributed by atoms with Crippen molar-refractivity contribution >= 4 is 22.8 Å². The normalized spacial score (nSPS) is 13.3. The largest absolute Gasteiger partial charge is 0.484 e. The van der Waals surface area contributed by atoms with Crippen LogP contribution in [0.3, 0.4) is 0 Å². The molecule has 25 heavy (non-hydrogen) atoms. The number of rotatable bonds is 6. The maximum absolute atomic E-state index is 12.1. The lowest BCUT2D eigenvalue weighted by Gasteiger charge is -2.16. The van der Waals surface area contributed by atoms with Gasteiger partial charge in [-0.15, -0.1) is 0 Å². The van der Waals surface area contributed by atoms with Crippen molar-refractivity contribution in [3.63, 3.8) is 0 Å². The SMILES string of the molecule is O=C(O)CCNC(=O)COc1ccc2c3c(c(=O)oc2c1)CCCC3. The topological polar surface area (TPSA) is 106 Å². The molecule has 1 aliphatic carbocycles. The summed E-state index contributed by atoms with van der Waals surface area (Å²) < 4.78 is 10.8. The molecule has 0 fully saturated rings. The number of benzene rings is 1. The Bertz CT molecular complexity index is 870. The van der Waals surface area contributed by atoms with E-state index < -0.39 is 11.9 Å². The minimum absolute atomic E-state index is 0.0518. The molecule has 0 saturated heterocycles. The molecule has 1 aromatic carbocycles. The third-order valence-corrected chi connectivity index (χ3v) is 4.23. The molecule has 7 heteroatoms. The van der Waals surface area contributed by atoms with Gasteiger partial charge in [0, 0.05) is 23.6 Å². The van der Waals surface area contributed by atoms with Gasteiger partial charge in [-0.1, -0.05) is 0 Å². The Morgan fingerprint density at radius 3 is 2.72 bits per heavy atom. The number of hydrogen-bond acceptors (Lipinski definition) is 5. The third-order valence-electron chi connectivity index (χ3n) is 4.23. The zero-order valence-corrected chi connectivity index (χ0v) is 13.7. The molecule has 0 aliphatic heterocycles. The summed E-state index contributed by atoms with van der Waals surface area (Å²) in [5.74, 6) is -0.970. The molecule has 132 valence electrons. The second kappa shape index (κ2) is 7.38. The highest BCUT2D eigenvalue weighted by Gasteiger charge is 2.18. The van der Waals surface area contributed by atoms with Crippen molar-refractivity contribution in [3.8, 4) is 5.75 Å². The molecule has 1 amide bonds. The van der Waals surface area contributed by atoms with Gasteiger partial charge >= 0.3 is 11.6 Å². The van der Waals surface area contributed by atoms with E-state index in [0.29, 0.717) is 11.3 Å². The fourth-order valence-electron chi connectivity index (χ4n) is 3.02. The lowest BCUT2D eigenvalue weighted by Crippen LogP contribution is -2.30. The summed E-state index contributed by atoms with van der Waals surface area (Å²) in [6.07, 6.45) is 3.53. The first-order valence-electron chi connectivity index (χ1n) is 8.24. The number of carboxylic acid groups (broad SMARTS) is 1. The lowest BCUT2D eigenvalue weighted by molar-refractivity contribution is -0.137. The molecule has 2 aromatic rings. The molecule has 0 unspecified atom stereocenters. The van der Waals surface area contributed by atoms with Crippen molar-refractivity contribution in [1.29, 1.82) is 0 Å². The van der Waals surface area contributed by atoms with Crippen molar-refractivity contribution < 1.29 is 23.8 Å². The van der Waals surface area contributed by atoms with Crippen molar-refractivity contribution in [2.45, 2.75) is 32.1 Å². The van der Waals surface area contributed by atoms with Gasteiger partial charge in [0.15, 0.2) is 6.61 Å². The van der Waals surface area contributed by atoms with Gasteiger partial charge in [-0.25, -0.2) is 4.79 Å². The number of nitrogens with one attached hydrogen (secondary N) is 1. The van der Waals surface area contributed by atoms with Gasteiger partial charge in [0.25, 0.3) is 5.91 Å². The first-order valence-corrected chi connectivity index (χ1v) is 8.24. The minimum Gasteiger partial charge on any atom is -0.484 e. The summed E-state index contributed by atoms with van der Waals surface area (Å²) in [5.41, 5.74) is 1.97. The third kappa shape index (κ3) is 3.99. The molecule has 1 aliphatic rings. The van der Waals surface area contributed by atoms with Gasteiger partial charge in [-0.05, 0) is 43.4 Å². The van der Waals surface area contributed by atoms with E-state index in [-0.39, 0.29) is 25.2 Å². The van der Waals surface area contributed by atoms with E-state index in [4.69, 9.17) is 14.3 Å². The summed E-state index contributed by atoms with van der Waals surface area (Å²) in [6.45, 7) is -0.184. The number of amides is 1. The Morgan fingerprint density at radius 1 is 1.20 bits per heavy atom. The zero-order valence-electron chi connectivity index (χ0n) is 13.7. The molecule has 0 spiro atoms. The van der Waals surface area contributed by atoms with Crippen molar-refractivity contribution in [2.24, 2.45) is 0 Å². The average Bonchev–Trinajstić information content (AvgIpc) is 2.59. The van der Waals surface area contributed by atoms with Gasteiger partial charge in [0.2, 0.25) is 0 Å². The highest BCUT2D eigenvalue weighted by atomic mass is 16.5. The van der Waals surface area contributed by atoms with Crippen LogP contribution >= 0.6 is 0 Å². The van der Waals surface area contributed by atoms with Gasteiger partial charge in [0.05, 0.1) is 6.42 Å². The second-order valence-corrected chi connectivity index (χ2v) is 5.99. The van der Waals surface area contributed by atoms with Crippen LogP contribution in [0.4, 0.5) is 0 Å². The fraction of sp³-hybridized carbons (Fsp3) is 0.389. The van der Waals surface area contributed by atoms with Crippen LogP contribution in [0.5, 0.6) is 5.75 Å². The Kier molecular flexibility index (Phi) is 5.02. The van der Waals surface area contributed by atoms with Crippen LogP contribution in [0, 0.1) is 0 Å². The Labute approximate surface area is 143 Å². The van der Waals surface area contributed by atoms with E-state index in [0.717, 1.165) is 42.2 Å². The van der Waals surface area contributed by atoms with Crippen LogP contribution < -0.4 is 15.7 Å². The van der Waals surface area contributed by atoms with Crippen LogP contribution in [-0.2, 0) is 22.4 Å². The van der Waals surface area contributed by atoms with Crippen LogP contribution in [0.2, 0.25) is 0 Å². The Morgan fingerprint density at radius 2 is 1.96 bits per heavy atom. The highest BCUT2D eigenvalue weighted by Crippen LogP contribution is 2.28. The number of fused-ring (bicyclic) bond motifs is 3. The predicted octanol–water partition coefficient (Wildman–Crippen LogP) is 1.64. The monoisotopic (exact) mass is 345 g/mol. The van der Waals surface area contributed by atoms with E-state index in [1.807, 2.05) is 6.07 Å². The molecule has 7 nitrogen and oxygen atoms in total. The minimum atomic E-state index is -0.978. The van der Waals surface area contributed by atoms with E-state index >= 15 is 0 Å². The first kappa shape index (κ1) is 17.0. The Balaban J connectivity index is 1.70. The van der Waals surface area contributed by atoms with Gasteiger partial charge in [0.1, 0.15) is 11.3 Å². The first-order chi connectivity index (χ1) is 12.0. The van der Waals surface area contributed by atoms with Crippen LogP contribution in [-0.4, -0.2) is 30.1 Å². The fourth-order valence-corrected chi connectivity index (χ4v) is 3.02. The van der Waals surface area contributed by atoms with E-state index in [1.165, 1.54) is 0 Å². The quantitative estimate of drug-likeness (QED) is 0.771. The smallest absolute Gasteiger partial charge is 0.339 e. The van der Waals surface area contributed by atoms with E-state index in [1.54, 1.807) is 12.1 Å². The number of carbonyl (C=O) groups is 2. The summed E-state index contributed by atoms with van der Waals surface area (Å²) in [7, 11) is 0. The summed E-state index contributed by atoms with van der Waals surface area (Å²) in [5, 5.41) is 11.9. The van der Waals surface area contributed by atoms with E-state index in [2.05, 4.69) is 5.32 Å². The Hall–Kier alpha value is -2.83. The van der Waals surface area contributed by atoms with Crippen molar-refractivity contribution in [3.05, 3.63) is 39.7 Å². The molecule has 0 atom stereocenters. The number of hydrogen-bond donors (Lipinski definition) is 2. The molecule has 3 rings (SSSR count). The summed E-state index contributed by atoms with van der Waals surface area (Å²) in [6, 6.07) is 5.19. The van der Waals surface area contributed by atoms with Crippen molar-refractivity contribution in [2.75, 3.05) is 13.2 Å². The molecule has 0 bridgehead atoms. The lowest BCUT2D eigenvalue weighted by atomic mass is 9.91. The number of aryl methyl sites for hydroxylation is 1. The van der Waals surface area contributed by atoms with Crippen LogP contribution in [0.15, 0.2) is 27.4 Å². The molecule has 1 aromatic heterocycles. The summed E-state index contributed by atoms with van der Waals surface area (Å²) in [4.78, 5) is 34.1. The van der Waals surface area contributed by atoms with Crippen LogP contribution in [0.25, 0.3) is 11.0 Å². The van der Waals surface area contributed by atoms with Gasteiger partial charge < -0.3 is 19.6 Å². The molecular weight excluding hydrogens is 326 g/mol. The highest BCUT2D eigenvalue weighted by molar-refractivity contribution is 5.83. The molecule has 2 N–H and O–H groups in total. The predicted molar refractivity (Wildman–Crippen MR) is 89.9 cm³/mol. The number of carboxylic acids is 1. The van der Waals surface area contributed by atoms with E-state index in [9.17, 15) is 14.4 Å². The maximum atomic E-state index is 12.1. The number of ether oxygens (including phenoxy) is 1. The average molecular weight is 345 g/mol. The molecule has 1 heterocycles. The zero-order chi connectivity index (χ0) is 17.8. The molecule has 0 radical (unpaired) electrons.